The van der Waals surface area contributed by atoms with Gasteiger partial charge in [-0.1, -0.05) is 31.5 Å². The lowest BCUT2D eigenvalue weighted by Crippen LogP contribution is -2.34. The van der Waals surface area contributed by atoms with Crippen LogP contribution in [0, 0.1) is 5.82 Å². The lowest BCUT2D eigenvalue weighted by molar-refractivity contribution is -0.142. The van der Waals surface area contributed by atoms with Gasteiger partial charge in [-0.3, -0.25) is 4.79 Å². The Morgan fingerprint density at radius 3 is 2.61 bits per heavy atom. The molecule has 18 heavy (non-hydrogen) atoms. The summed E-state index contributed by atoms with van der Waals surface area (Å²) in [5.74, 6) is -2.29. The first-order chi connectivity index (χ1) is 8.56. The molecule has 0 aliphatic rings. The molecule has 0 aliphatic heterocycles. The summed E-state index contributed by atoms with van der Waals surface area (Å²) in [4.78, 5) is 22.6. The van der Waals surface area contributed by atoms with Crippen LogP contribution in [-0.4, -0.2) is 17.0 Å². The molecule has 0 spiro atoms. The van der Waals surface area contributed by atoms with Gasteiger partial charge in [-0.2, -0.15) is 0 Å². The van der Waals surface area contributed by atoms with Crippen LogP contribution in [0.1, 0.15) is 37.8 Å². The summed E-state index contributed by atoms with van der Waals surface area (Å²) in [6.07, 6.45) is 1.76. The molecule has 1 amide bonds. The molecule has 0 heterocycles. The Hall–Kier alpha value is -1.91. The quantitative estimate of drug-likeness (QED) is 0.817. The topological polar surface area (TPSA) is 66.4 Å². The first kappa shape index (κ1) is 14.2. The third-order valence-electron chi connectivity index (χ3n) is 2.53. The predicted molar refractivity (Wildman–Crippen MR) is 64.4 cm³/mol. The fraction of sp³-hybridized carbons (Fsp3) is 0.385. The third kappa shape index (κ3) is 3.84. The number of carboxylic acid groups (broad SMARTS) is 1. The lowest BCUT2D eigenvalue weighted by Gasteiger charge is -2.15. The average Bonchev–Trinajstić information content (AvgIpc) is 2.34. The zero-order valence-corrected chi connectivity index (χ0v) is 10.1. The fourth-order valence-corrected chi connectivity index (χ4v) is 1.55. The Kier molecular flexibility index (Phi) is 5.30. The van der Waals surface area contributed by atoms with E-state index >= 15 is 0 Å². The first-order valence-corrected chi connectivity index (χ1v) is 5.82. The summed E-state index contributed by atoms with van der Waals surface area (Å²) in [5.41, 5.74) is -0.0325. The van der Waals surface area contributed by atoms with Crippen LogP contribution >= 0.6 is 0 Å². The van der Waals surface area contributed by atoms with Gasteiger partial charge in [-0.25, -0.2) is 9.18 Å². The van der Waals surface area contributed by atoms with E-state index < -0.39 is 17.8 Å². The Balaban J connectivity index is 2.81. The van der Waals surface area contributed by atoms with E-state index in [9.17, 15) is 14.0 Å². The van der Waals surface area contributed by atoms with Crippen molar-refractivity contribution in [1.82, 2.24) is 5.32 Å². The molecule has 98 valence electrons. The Morgan fingerprint density at radius 2 is 2.06 bits per heavy atom. The molecule has 0 saturated carbocycles. The maximum atomic E-state index is 13.5. The molecule has 0 bridgehead atoms. The first-order valence-electron chi connectivity index (χ1n) is 5.82. The van der Waals surface area contributed by atoms with Gasteiger partial charge in [0.1, 0.15) is 5.82 Å². The monoisotopic (exact) mass is 253 g/mol. The number of carboxylic acids is 1. The van der Waals surface area contributed by atoms with E-state index in [4.69, 9.17) is 5.11 Å². The largest absolute Gasteiger partial charge is 0.479 e. The van der Waals surface area contributed by atoms with Crippen LogP contribution in [0.5, 0.6) is 0 Å². The van der Waals surface area contributed by atoms with Gasteiger partial charge in [0.15, 0.2) is 6.04 Å². The van der Waals surface area contributed by atoms with E-state index in [-0.39, 0.29) is 17.9 Å². The maximum absolute atomic E-state index is 13.5. The zero-order valence-electron chi connectivity index (χ0n) is 10.1. The highest BCUT2D eigenvalue weighted by Gasteiger charge is 2.24. The van der Waals surface area contributed by atoms with Gasteiger partial charge in [0.05, 0.1) is 0 Å². The molecule has 2 N–H and O–H groups in total. The van der Waals surface area contributed by atoms with Crippen LogP contribution in [0.2, 0.25) is 0 Å². The summed E-state index contributed by atoms with van der Waals surface area (Å²) < 4.78 is 13.5. The van der Waals surface area contributed by atoms with Crippen molar-refractivity contribution in [2.75, 3.05) is 0 Å². The van der Waals surface area contributed by atoms with E-state index in [0.717, 1.165) is 6.42 Å². The summed E-state index contributed by atoms with van der Waals surface area (Å²) >= 11 is 0. The summed E-state index contributed by atoms with van der Waals surface area (Å²) in [5, 5.41) is 11.4. The second kappa shape index (κ2) is 6.74. The number of hydrogen-bond acceptors (Lipinski definition) is 2. The van der Waals surface area contributed by atoms with E-state index in [2.05, 4.69) is 5.32 Å². The molecule has 1 aromatic rings. The number of benzene rings is 1. The highest BCUT2D eigenvalue weighted by molar-refractivity contribution is 5.84. The van der Waals surface area contributed by atoms with Crippen LogP contribution < -0.4 is 5.32 Å². The van der Waals surface area contributed by atoms with Gasteiger partial charge < -0.3 is 10.4 Å². The number of rotatable bonds is 6. The lowest BCUT2D eigenvalue weighted by atomic mass is 10.1. The Labute approximate surface area is 105 Å². The summed E-state index contributed by atoms with van der Waals surface area (Å²) in [6, 6.07) is 4.19. The van der Waals surface area contributed by atoms with E-state index in [1.54, 1.807) is 0 Å². The molecule has 0 saturated heterocycles. The fourth-order valence-electron chi connectivity index (χ4n) is 1.55. The molecule has 5 heteroatoms. The van der Waals surface area contributed by atoms with E-state index in [1.807, 2.05) is 6.92 Å². The summed E-state index contributed by atoms with van der Waals surface area (Å²) in [7, 11) is 0. The molecule has 0 radical (unpaired) electrons. The molecular weight excluding hydrogens is 237 g/mol. The third-order valence-corrected chi connectivity index (χ3v) is 2.53. The van der Waals surface area contributed by atoms with Crippen molar-refractivity contribution in [1.29, 1.82) is 0 Å². The second-order valence-electron chi connectivity index (χ2n) is 3.96. The molecule has 0 aromatic heterocycles. The second-order valence-corrected chi connectivity index (χ2v) is 3.96. The van der Waals surface area contributed by atoms with Crippen LogP contribution in [0.15, 0.2) is 24.3 Å². The minimum absolute atomic E-state index is 0.0325. The van der Waals surface area contributed by atoms with Gasteiger partial charge in [-0.05, 0) is 12.5 Å². The summed E-state index contributed by atoms with van der Waals surface area (Å²) in [6.45, 7) is 1.93. The standard InChI is InChI=1S/C13H16FNO3/c1-2-3-8-11(16)15-12(13(17)18)9-6-4-5-7-10(9)14/h4-7,12H,2-3,8H2,1H3,(H,15,16)(H,17,18)/t12-/m1/s1. The number of carbonyl (C=O) groups is 2. The molecule has 1 aromatic carbocycles. The van der Waals surface area contributed by atoms with Gasteiger partial charge in [0.2, 0.25) is 5.91 Å². The number of halogens is 1. The van der Waals surface area contributed by atoms with Crippen molar-refractivity contribution < 1.29 is 19.1 Å². The molecule has 0 unspecified atom stereocenters. The highest BCUT2D eigenvalue weighted by atomic mass is 19.1. The van der Waals surface area contributed by atoms with E-state index in [1.165, 1.54) is 24.3 Å². The van der Waals surface area contributed by atoms with E-state index in [0.29, 0.717) is 6.42 Å². The molecule has 1 rings (SSSR count). The molecule has 0 aliphatic carbocycles. The molecule has 0 fully saturated rings. The van der Waals surface area contributed by atoms with Crippen LogP contribution in [0.25, 0.3) is 0 Å². The van der Waals surface area contributed by atoms with Gasteiger partial charge in [0, 0.05) is 12.0 Å². The number of unbranched alkanes of at least 4 members (excludes halogenated alkanes) is 1. The van der Waals surface area contributed by atoms with Crippen molar-refractivity contribution in [2.24, 2.45) is 0 Å². The van der Waals surface area contributed by atoms with Crippen molar-refractivity contribution in [3.63, 3.8) is 0 Å². The van der Waals surface area contributed by atoms with Crippen molar-refractivity contribution >= 4 is 11.9 Å². The predicted octanol–water partition coefficient (Wildman–Crippen LogP) is 2.26. The number of nitrogens with one attached hydrogen (secondary N) is 1. The zero-order chi connectivity index (χ0) is 13.5. The SMILES string of the molecule is CCCCC(=O)N[C@@H](C(=O)O)c1ccccc1F. The van der Waals surface area contributed by atoms with Gasteiger partial charge in [0.25, 0.3) is 0 Å². The molecule has 1 atom stereocenters. The Morgan fingerprint density at radius 1 is 1.39 bits per heavy atom. The maximum Gasteiger partial charge on any atom is 0.331 e. The number of aliphatic carboxylic acids is 1. The highest BCUT2D eigenvalue weighted by Crippen LogP contribution is 2.17. The number of amides is 1. The number of hydrogen-bond donors (Lipinski definition) is 2. The van der Waals surface area contributed by atoms with Crippen LogP contribution in [0.3, 0.4) is 0 Å². The van der Waals surface area contributed by atoms with Crippen molar-refractivity contribution in [2.45, 2.75) is 32.2 Å². The van der Waals surface area contributed by atoms with Crippen LogP contribution in [-0.2, 0) is 9.59 Å². The number of carbonyl (C=O) groups excluding carboxylic acids is 1. The minimum atomic E-state index is -1.34. The van der Waals surface area contributed by atoms with Crippen molar-refractivity contribution in [3.8, 4) is 0 Å². The smallest absolute Gasteiger partial charge is 0.331 e. The van der Waals surface area contributed by atoms with Crippen molar-refractivity contribution in [3.05, 3.63) is 35.6 Å². The Bertz CT molecular complexity index is 434. The normalized spacial score (nSPS) is 11.9. The molecular formula is C13H16FNO3. The van der Waals surface area contributed by atoms with Gasteiger partial charge in [-0.15, -0.1) is 0 Å². The molecule has 4 nitrogen and oxygen atoms in total. The minimum Gasteiger partial charge on any atom is -0.479 e. The van der Waals surface area contributed by atoms with Crippen LogP contribution in [0.4, 0.5) is 4.39 Å². The average molecular weight is 253 g/mol. The van der Waals surface area contributed by atoms with Gasteiger partial charge >= 0.3 is 5.97 Å².